The van der Waals surface area contributed by atoms with Crippen molar-refractivity contribution in [2.24, 2.45) is 5.92 Å². The quantitative estimate of drug-likeness (QED) is 0.745. The van der Waals surface area contributed by atoms with Crippen molar-refractivity contribution < 1.29 is 22.7 Å². The Kier molecular flexibility index (Phi) is 6.44. The third-order valence-corrected chi connectivity index (χ3v) is 6.92. The van der Waals surface area contributed by atoms with Crippen LogP contribution < -0.4 is 4.90 Å². The molecule has 0 atom stereocenters. The van der Waals surface area contributed by atoms with E-state index >= 15 is 0 Å². The van der Waals surface area contributed by atoms with E-state index in [0.29, 0.717) is 37.8 Å². The highest BCUT2D eigenvalue weighted by Crippen LogP contribution is 2.28. The summed E-state index contributed by atoms with van der Waals surface area (Å²) in [5.41, 5.74) is 0.447. The number of benzene rings is 1. The number of nitrogens with zero attached hydrogens (tertiary/aromatic N) is 3. The fourth-order valence-corrected chi connectivity index (χ4v) is 4.92. The second-order valence-electron chi connectivity index (χ2n) is 7.71. The third-order valence-electron chi connectivity index (χ3n) is 5.77. The van der Waals surface area contributed by atoms with Crippen LogP contribution in [-0.4, -0.2) is 81.5 Å². The van der Waals surface area contributed by atoms with Crippen LogP contribution in [0.5, 0.6) is 0 Å². The zero-order valence-electron chi connectivity index (χ0n) is 16.2. The monoisotopic (exact) mass is 413 g/mol. The molecule has 0 aliphatic carbocycles. The molecule has 0 bridgehead atoms. The van der Waals surface area contributed by atoms with E-state index in [9.17, 15) is 17.6 Å². The number of anilines is 1. The van der Waals surface area contributed by atoms with E-state index in [1.54, 1.807) is 0 Å². The van der Waals surface area contributed by atoms with E-state index in [-0.39, 0.29) is 4.90 Å². The van der Waals surface area contributed by atoms with Crippen molar-refractivity contribution in [2.45, 2.75) is 24.2 Å². The molecular formula is C19H28FN3O4S. The van der Waals surface area contributed by atoms with Gasteiger partial charge in [-0.1, -0.05) is 0 Å². The Bertz CT molecular complexity index is 801. The molecule has 9 heteroatoms. The molecule has 0 spiro atoms. The summed E-state index contributed by atoms with van der Waals surface area (Å²) in [6, 6.07) is 3.84. The number of hydrogen-bond donors (Lipinski definition) is 1. The summed E-state index contributed by atoms with van der Waals surface area (Å²) in [7, 11) is -3.42. The molecular weight excluding hydrogens is 385 g/mol. The van der Waals surface area contributed by atoms with Gasteiger partial charge in [0.2, 0.25) is 0 Å². The average molecular weight is 414 g/mol. The lowest BCUT2D eigenvalue weighted by Gasteiger charge is -2.38. The minimum absolute atomic E-state index is 0.174. The number of carboxylic acid groups (broad SMARTS) is 1. The maximum atomic E-state index is 13.7. The highest BCUT2D eigenvalue weighted by Gasteiger charge is 2.25. The molecule has 7 nitrogen and oxygen atoms in total. The predicted molar refractivity (Wildman–Crippen MR) is 105 cm³/mol. The van der Waals surface area contributed by atoms with Gasteiger partial charge in [0.05, 0.1) is 10.6 Å². The van der Waals surface area contributed by atoms with Gasteiger partial charge in [0.1, 0.15) is 5.82 Å². The minimum atomic E-state index is -3.42. The third kappa shape index (κ3) is 5.14. The summed E-state index contributed by atoms with van der Waals surface area (Å²) >= 11 is 0. The van der Waals surface area contributed by atoms with E-state index in [2.05, 4.69) is 4.90 Å². The molecule has 28 heavy (non-hydrogen) atoms. The van der Waals surface area contributed by atoms with Crippen LogP contribution in [-0.2, 0) is 9.84 Å². The van der Waals surface area contributed by atoms with Crippen molar-refractivity contribution in [3.63, 3.8) is 0 Å². The van der Waals surface area contributed by atoms with Gasteiger partial charge in [-0.25, -0.2) is 17.6 Å². The van der Waals surface area contributed by atoms with Crippen LogP contribution in [0.25, 0.3) is 0 Å². The number of halogens is 1. The molecule has 2 heterocycles. The Morgan fingerprint density at radius 1 is 1.14 bits per heavy atom. The number of amides is 1. The zero-order valence-corrected chi connectivity index (χ0v) is 17.0. The first-order chi connectivity index (χ1) is 13.2. The van der Waals surface area contributed by atoms with Crippen molar-refractivity contribution in [1.29, 1.82) is 0 Å². The summed E-state index contributed by atoms with van der Waals surface area (Å²) in [6.07, 6.45) is 3.18. The van der Waals surface area contributed by atoms with E-state index in [0.717, 1.165) is 45.2 Å². The molecule has 0 saturated carbocycles. The van der Waals surface area contributed by atoms with Crippen LogP contribution in [0.1, 0.15) is 19.3 Å². The van der Waals surface area contributed by atoms with Gasteiger partial charge in [0.15, 0.2) is 9.84 Å². The normalized spacial score (nSPS) is 19.8. The van der Waals surface area contributed by atoms with Gasteiger partial charge in [0, 0.05) is 45.5 Å². The Morgan fingerprint density at radius 2 is 1.79 bits per heavy atom. The first kappa shape index (κ1) is 20.9. The Balaban J connectivity index is 1.51. The number of likely N-dealkylation sites (tertiary alicyclic amines) is 1. The second kappa shape index (κ2) is 8.65. The van der Waals surface area contributed by atoms with Crippen molar-refractivity contribution in [3.8, 4) is 0 Å². The number of hydrogen-bond acceptors (Lipinski definition) is 5. The molecule has 1 aromatic rings. The lowest BCUT2D eigenvalue weighted by atomic mass is 9.93. The zero-order chi connectivity index (χ0) is 20.3. The molecule has 1 N–H and O–H groups in total. The number of piperidine rings is 1. The maximum absolute atomic E-state index is 13.7. The van der Waals surface area contributed by atoms with Crippen molar-refractivity contribution >= 4 is 21.6 Å². The van der Waals surface area contributed by atoms with Gasteiger partial charge in [-0.05, 0) is 49.9 Å². The fourth-order valence-electron chi connectivity index (χ4n) is 4.04. The topological polar surface area (TPSA) is 81.2 Å². The van der Waals surface area contributed by atoms with E-state index in [4.69, 9.17) is 5.11 Å². The summed E-state index contributed by atoms with van der Waals surface area (Å²) < 4.78 is 37.7. The van der Waals surface area contributed by atoms with Gasteiger partial charge in [-0.3, -0.25) is 4.90 Å². The van der Waals surface area contributed by atoms with E-state index in [1.807, 2.05) is 4.90 Å². The van der Waals surface area contributed by atoms with Crippen molar-refractivity contribution in [2.75, 3.05) is 57.0 Å². The molecule has 2 fully saturated rings. The maximum Gasteiger partial charge on any atom is 0.407 e. The minimum Gasteiger partial charge on any atom is -0.465 e. The lowest BCUT2D eigenvalue weighted by molar-refractivity contribution is 0.119. The molecule has 2 aliphatic rings. The van der Waals surface area contributed by atoms with E-state index < -0.39 is 21.7 Å². The second-order valence-corrected chi connectivity index (χ2v) is 9.70. The number of sulfone groups is 1. The van der Waals surface area contributed by atoms with Gasteiger partial charge in [0.25, 0.3) is 0 Å². The molecule has 156 valence electrons. The molecule has 0 aromatic heterocycles. The van der Waals surface area contributed by atoms with Gasteiger partial charge >= 0.3 is 6.09 Å². The van der Waals surface area contributed by atoms with Crippen molar-refractivity contribution in [3.05, 3.63) is 24.0 Å². The number of piperazine rings is 1. The molecule has 1 amide bonds. The van der Waals surface area contributed by atoms with Gasteiger partial charge < -0.3 is 14.9 Å². The Hall–Kier alpha value is -1.87. The summed E-state index contributed by atoms with van der Waals surface area (Å²) in [5, 5.41) is 9.02. The largest absolute Gasteiger partial charge is 0.465 e. The molecule has 2 saturated heterocycles. The molecule has 0 radical (unpaired) electrons. The summed E-state index contributed by atoms with van der Waals surface area (Å²) in [6.45, 7) is 5.09. The van der Waals surface area contributed by atoms with Crippen LogP contribution in [0.3, 0.4) is 0 Å². The van der Waals surface area contributed by atoms with Gasteiger partial charge in [-0.2, -0.15) is 0 Å². The summed E-state index contributed by atoms with van der Waals surface area (Å²) in [5.74, 6) is 0.117. The van der Waals surface area contributed by atoms with Crippen LogP contribution >= 0.6 is 0 Å². The number of carbonyl (C=O) groups is 1. The average Bonchev–Trinajstić information content (AvgIpc) is 2.66. The predicted octanol–water partition coefficient (Wildman–Crippen LogP) is 2.13. The molecule has 3 rings (SSSR count). The number of rotatable bonds is 5. The fraction of sp³-hybridized carbons (Fsp3) is 0.632. The van der Waals surface area contributed by atoms with Crippen molar-refractivity contribution in [1.82, 2.24) is 9.80 Å². The van der Waals surface area contributed by atoms with Gasteiger partial charge in [-0.15, -0.1) is 0 Å². The van der Waals surface area contributed by atoms with Crippen LogP contribution in [0.4, 0.5) is 14.9 Å². The Morgan fingerprint density at radius 3 is 2.36 bits per heavy atom. The molecule has 0 unspecified atom stereocenters. The van der Waals surface area contributed by atoms with Crippen LogP contribution in [0, 0.1) is 11.7 Å². The highest BCUT2D eigenvalue weighted by molar-refractivity contribution is 7.90. The smallest absolute Gasteiger partial charge is 0.407 e. The molecule has 2 aliphatic heterocycles. The van der Waals surface area contributed by atoms with E-state index in [1.165, 1.54) is 23.1 Å². The highest BCUT2D eigenvalue weighted by atomic mass is 32.2. The summed E-state index contributed by atoms with van der Waals surface area (Å²) in [4.78, 5) is 16.9. The first-order valence-electron chi connectivity index (χ1n) is 9.69. The van der Waals surface area contributed by atoms with Crippen LogP contribution in [0.15, 0.2) is 23.1 Å². The lowest BCUT2D eigenvalue weighted by Crippen LogP contribution is -2.47. The standard InChI is InChI=1S/C19H28FN3O4S/c1-28(26,27)18-3-2-16(20)14-17(18)22-12-10-21(11-13-22)7-4-15-5-8-23(9-6-15)19(24)25/h2-3,14-15H,4-13H2,1H3,(H,24,25). The molecule has 1 aromatic carbocycles. The first-order valence-corrected chi connectivity index (χ1v) is 11.6. The van der Waals surface area contributed by atoms with Crippen LogP contribution in [0.2, 0.25) is 0 Å². The SMILES string of the molecule is CS(=O)(=O)c1ccc(F)cc1N1CCN(CCC2CCN(C(=O)O)CC2)CC1. The Labute approximate surface area is 165 Å².